The Labute approximate surface area is 78.2 Å². The molecule has 5 heteroatoms. The maximum Gasteiger partial charge on any atom is 0.277 e. The minimum Gasteiger partial charge on any atom is -0.399 e. The number of fused-ring (bicyclic) bond motifs is 1. The molecule has 0 saturated heterocycles. The molecule has 13 heavy (non-hydrogen) atoms. The average Bonchev–Trinajstić information content (AvgIpc) is 2.46. The van der Waals surface area contributed by atoms with E-state index in [0.29, 0.717) is 10.7 Å². The van der Waals surface area contributed by atoms with Gasteiger partial charge >= 0.3 is 0 Å². The fourth-order valence-corrected chi connectivity index (χ4v) is 1.91. The lowest BCUT2D eigenvalue weighted by Gasteiger charge is -1.89. The van der Waals surface area contributed by atoms with E-state index in [1.165, 1.54) is 11.3 Å². The number of hydrogen-bond acceptors (Lipinski definition) is 4. The van der Waals surface area contributed by atoms with E-state index in [0.717, 1.165) is 10.2 Å². The van der Waals surface area contributed by atoms with Crippen molar-refractivity contribution in [2.75, 3.05) is 5.73 Å². The van der Waals surface area contributed by atoms with Gasteiger partial charge in [0, 0.05) is 5.69 Å². The minimum atomic E-state index is -0.500. The van der Waals surface area contributed by atoms with E-state index in [1.807, 2.05) is 0 Å². The Hall–Kier alpha value is -1.62. The van der Waals surface area contributed by atoms with Crippen LogP contribution < -0.4 is 11.5 Å². The summed E-state index contributed by atoms with van der Waals surface area (Å²) < 4.78 is 0.883. The van der Waals surface area contributed by atoms with E-state index in [1.54, 1.807) is 18.2 Å². The van der Waals surface area contributed by atoms with Crippen LogP contribution in [0.1, 0.15) is 9.80 Å². The number of anilines is 1. The number of thiazole rings is 1. The van der Waals surface area contributed by atoms with Crippen molar-refractivity contribution in [2.24, 2.45) is 5.73 Å². The maximum atomic E-state index is 10.8. The number of benzene rings is 1. The van der Waals surface area contributed by atoms with Crippen LogP contribution in [0.5, 0.6) is 0 Å². The molecule has 1 aromatic carbocycles. The van der Waals surface area contributed by atoms with Crippen LogP contribution in [-0.2, 0) is 0 Å². The number of primary amides is 1. The topological polar surface area (TPSA) is 82.0 Å². The molecule has 1 aromatic heterocycles. The second-order valence-corrected chi connectivity index (χ2v) is 3.64. The Morgan fingerprint density at radius 1 is 1.46 bits per heavy atom. The van der Waals surface area contributed by atoms with Gasteiger partial charge in [0.2, 0.25) is 0 Å². The second kappa shape index (κ2) is 2.70. The van der Waals surface area contributed by atoms with Gasteiger partial charge in [-0.05, 0) is 18.2 Å². The maximum absolute atomic E-state index is 10.8. The molecule has 4 nitrogen and oxygen atoms in total. The number of hydrogen-bond donors (Lipinski definition) is 2. The van der Waals surface area contributed by atoms with Gasteiger partial charge in [0.1, 0.15) is 0 Å². The Kier molecular flexibility index (Phi) is 1.66. The lowest BCUT2D eigenvalue weighted by atomic mass is 10.3. The summed E-state index contributed by atoms with van der Waals surface area (Å²) >= 11 is 1.25. The zero-order valence-corrected chi connectivity index (χ0v) is 7.47. The van der Waals surface area contributed by atoms with Crippen LogP contribution in [0, 0.1) is 0 Å². The molecular formula is C8H7N3OS. The Bertz CT molecular complexity index is 477. The largest absolute Gasteiger partial charge is 0.399 e. The summed E-state index contributed by atoms with van der Waals surface area (Å²) in [6.45, 7) is 0. The predicted molar refractivity (Wildman–Crippen MR) is 52.6 cm³/mol. The van der Waals surface area contributed by atoms with Crippen LogP contribution >= 0.6 is 11.3 Å². The van der Waals surface area contributed by atoms with E-state index in [2.05, 4.69) is 4.98 Å². The third kappa shape index (κ3) is 1.33. The molecular weight excluding hydrogens is 186 g/mol. The van der Waals surface area contributed by atoms with Gasteiger partial charge < -0.3 is 11.5 Å². The van der Waals surface area contributed by atoms with Crippen molar-refractivity contribution in [2.45, 2.75) is 0 Å². The van der Waals surface area contributed by atoms with Crippen LogP contribution in [0.4, 0.5) is 5.69 Å². The zero-order valence-electron chi connectivity index (χ0n) is 6.65. The fraction of sp³-hybridized carbons (Fsp3) is 0. The van der Waals surface area contributed by atoms with Gasteiger partial charge in [0.25, 0.3) is 5.91 Å². The summed E-state index contributed by atoms with van der Waals surface area (Å²) in [5, 5.41) is 0.320. The van der Waals surface area contributed by atoms with Gasteiger partial charge in [-0.25, -0.2) is 4.98 Å². The van der Waals surface area contributed by atoms with Crippen molar-refractivity contribution in [1.82, 2.24) is 4.98 Å². The number of carbonyl (C=O) groups excluding carboxylic acids is 1. The third-order valence-corrected chi connectivity index (χ3v) is 2.66. The first kappa shape index (κ1) is 8.00. The second-order valence-electron chi connectivity index (χ2n) is 2.61. The van der Waals surface area contributed by atoms with Gasteiger partial charge in [-0.15, -0.1) is 11.3 Å². The molecule has 0 fully saturated rings. The van der Waals surface area contributed by atoms with Crippen LogP contribution in [0.25, 0.3) is 10.2 Å². The summed E-state index contributed by atoms with van der Waals surface area (Å²) in [5.41, 5.74) is 12.1. The zero-order chi connectivity index (χ0) is 9.42. The summed E-state index contributed by atoms with van der Waals surface area (Å²) in [7, 11) is 0. The van der Waals surface area contributed by atoms with Crippen molar-refractivity contribution in [3.63, 3.8) is 0 Å². The van der Waals surface area contributed by atoms with Gasteiger partial charge in [-0.1, -0.05) is 0 Å². The predicted octanol–water partition coefficient (Wildman–Crippen LogP) is 0.977. The summed E-state index contributed by atoms with van der Waals surface area (Å²) in [4.78, 5) is 14.8. The number of nitrogens with two attached hydrogens (primary N) is 2. The van der Waals surface area contributed by atoms with Crippen molar-refractivity contribution >= 4 is 33.1 Å². The molecule has 0 bridgehead atoms. The molecule has 0 aliphatic heterocycles. The number of aromatic nitrogens is 1. The highest BCUT2D eigenvalue weighted by atomic mass is 32.1. The summed E-state index contributed by atoms with van der Waals surface area (Å²) in [5.74, 6) is -0.500. The molecule has 4 N–H and O–H groups in total. The van der Waals surface area contributed by atoms with Gasteiger partial charge in [-0.2, -0.15) is 0 Å². The van der Waals surface area contributed by atoms with Crippen LogP contribution in [-0.4, -0.2) is 10.9 Å². The molecule has 1 amide bonds. The molecule has 0 radical (unpaired) electrons. The molecule has 1 heterocycles. The first-order valence-electron chi connectivity index (χ1n) is 3.62. The van der Waals surface area contributed by atoms with Crippen LogP contribution in [0.15, 0.2) is 18.2 Å². The van der Waals surface area contributed by atoms with Crippen molar-refractivity contribution in [1.29, 1.82) is 0 Å². The van der Waals surface area contributed by atoms with Gasteiger partial charge in [0.05, 0.1) is 10.2 Å². The lowest BCUT2D eigenvalue weighted by molar-refractivity contribution is 0.1000. The number of rotatable bonds is 1. The standard InChI is InChI=1S/C8H7N3OS/c9-4-1-2-5-6(3-4)13-8(11-5)7(10)12/h1-3H,9H2,(H2,10,12). The van der Waals surface area contributed by atoms with Crippen molar-refractivity contribution in [3.8, 4) is 0 Å². The van der Waals surface area contributed by atoms with E-state index in [9.17, 15) is 4.79 Å². The average molecular weight is 193 g/mol. The van der Waals surface area contributed by atoms with E-state index in [-0.39, 0.29) is 0 Å². The lowest BCUT2D eigenvalue weighted by Crippen LogP contribution is -2.09. The number of amides is 1. The molecule has 2 rings (SSSR count). The van der Waals surface area contributed by atoms with Crippen molar-refractivity contribution < 1.29 is 4.79 Å². The highest BCUT2D eigenvalue weighted by Gasteiger charge is 2.07. The SMILES string of the molecule is NC(=O)c1nc2ccc(N)cc2s1. The first-order chi connectivity index (χ1) is 6.16. The monoisotopic (exact) mass is 193 g/mol. The molecule has 0 spiro atoms. The van der Waals surface area contributed by atoms with Crippen LogP contribution in [0.2, 0.25) is 0 Å². The first-order valence-corrected chi connectivity index (χ1v) is 4.44. The highest BCUT2D eigenvalue weighted by Crippen LogP contribution is 2.23. The third-order valence-electron chi connectivity index (χ3n) is 1.62. The number of nitrogens with zero attached hydrogens (tertiary/aromatic N) is 1. The Balaban J connectivity index is 2.68. The number of carbonyl (C=O) groups is 1. The smallest absolute Gasteiger partial charge is 0.277 e. The molecule has 0 aliphatic carbocycles. The molecule has 2 aromatic rings. The quantitative estimate of drug-likeness (QED) is 0.662. The minimum absolute atomic E-state index is 0.320. The fourth-order valence-electron chi connectivity index (χ4n) is 1.05. The van der Waals surface area contributed by atoms with Crippen LogP contribution in [0.3, 0.4) is 0 Å². The van der Waals surface area contributed by atoms with Crippen molar-refractivity contribution in [3.05, 3.63) is 23.2 Å². The van der Waals surface area contributed by atoms with E-state index in [4.69, 9.17) is 11.5 Å². The molecule has 0 atom stereocenters. The molecule has 0 saturated carbocycles. The molecule has 66 valence electrons. The Morgan fingerprint density at radius 3 is 2.92 bits per heavy atom. The van der Waals surface area contributed by atoms with E-state index < -0.39 is 5.91 Å². The normalized spacial score (nSPS) is 10.5. The highest BCUT2D eigenvalue weighted by molar-refractivity contribution is 7.20. The molecule has 0 aliphatic rings. The summed E-state index contributed by atoms with van der Waals surface area (Å²) in [6.07, 6.45) is 0. The van der Waals surface area contributed by atoms with E-state index >= 15 is 0 Å². The summed E-state index contributed by atoms with van der Waals surface area (Å²) in [6, 6.07) is 5.29. The number of nitrogen functional groups attached to an aromatic ring is 1. The van der Waals surface area contributed by atoms with Gasteiger partial charge in [-0.3, -0.25) is 4.79 Å². The van der Waals surface area contributed by atoms with Gasteiger partial charge in [0.15, 0.2) is 5.01 Å². The molecule has 0 unspecified atom stereocenters. The Morgan fingerprint density at radius 2 is 2.23 bits per heavy atom.